The Hall–Kier alpha value is -1.32. The maximum atomic E-state index is 10.7. The topological polar surface area (TPSA) is 38.0 Å². The summed E-state index contributed by atoms with van der Waals surface area (Å²) in [6.07, 6.45) is 3.44. The molecule has 2 rings (SSSR count). The summed E-state index contributed by atoms with van der Waals surface area (Å²) in [5, 5.41) is 15.8. The van der Waals surface area contributed by atoms with Gasteiger partial charge in [0.2, 0.25) is 0 Å². The highest BCUT2D eigenvalue weighted by molar-refractivity contribution is 6.31. The minimum atomic E-state index is -1.02. The number of hydrogen-bond donors (Lipinski definition) is 1. The number of nitrogens with zero attached hydrogens (tertiary/aromatic N) is 2. The molecule has 108 valence electrons. The van der Waals surface area contributed by atoms with E-state index in [1.165, 1.54) is 0 Å². The van der Waals surface area contributed by atoms with E-state index < -0.39 is 5.60 Å². The van der Waals surface area contributed by atoms with Gasteiger partial charge in [-0.05, 0) is 32.4 Å². The maximum absolute atomic E-state index is 10.7. The van der Waals surface area contributed by atoms with Crippen molar-refractivity contribution in [2.45, 2.75) is 45.3 Å². The Morgan fingerprint density at radius 3 is 2.70 bits per heavy atom. The highest BCUT2D eigenvalue weighted by Gasteiger charge is 2.27. The summed E-state index contributed by atoms with van der Waals surface area (Å²) < 4.78 is 1.94. The van der Waals surface area contributed by atoms with Crippen LogP contribution in [0.3, 0.4) is 0 Å². The van der Waals surface area contributed by atoms with Gasteiger partial charge in [-0.1, -0.05) is 36.7 Å². The molecular weight excluding hydrogens is 272 g/mol. The largest absolute Gasteiger partial charge is 0.385 e. The Kier molecular flexibility index (Phi) is 4.51. The molecule has 3 nitrogen and oxygen atoms in total. The van der Waals surface area contributed by atoms with Crippen LogP contribution in [0.4, 0.5) is 0 Å². The second-order valence-corrected chi connectivity index (χ2v) is 5.88. The van der Waals surface area contributed by atoms with Gasteiger partial charge in [-0.25, -0.2) is 0 Å². The zero-order valence-electron chi connectivity index (χ0n) is 12.2. The van der Waals surface area contributed by atoms with Gasteiger partial charge < -0.3 is 5.11 Å². The first-order valence-corrected chi connectivity index (χ1v) is 7.33. The molecule has 0 aliphatic rings. The fraction of sp³-hybridized carbons (Fsp3) is 0.438. The quantitative estimate of drug-likeness (QED) is 0.906. The molecule has 0 radical (unpaired) electrons. The van der Waals surface area contributed by atoms with Crippen molar-refractivity contribution in [1.29, 1.82) is 0 Å². The van der Waals surface area contributed by atoms with Gasteiger partial charge >= 0.3 is 0 Å². The summed E-state index contributed by atoms with van der Waals surface area (Å²) in [6, 6.07) is 9.72. The molecule has 2 atom stereocenters. The normalized spacial score (nSPS) is 15.8. The van der Waals surface area contributed by atoms with Gasteiger partial charge in [-0.3, -0.25) is 4.68 Å². The minimum Gasteiger partial charge on any atom is -0.385 e. The van der Waals surface area contributed by atoms with Crippen LogP contribution in [0.5, 0.6) is 0 Å². The zero-order valence-corrected chi connectivity index (χ0v) is 12.9. The molecule has 0 bridgehead atoms. The van der Waals surface area contributed by atoms with Crippen LogP contribution in [0, 0.1) is 0 Å². The van der Waals surface area contributed by atoms with Crippen LogP contribution in [0.1, 0.15) is 44.5 Å². The van der Waals surface area contributed by atoms with Crippen LogP contribution >= 0.6 is 11.6 Å². The molecule has 0 aliphatic carbocycles. The van der Waals surface area contributed by atoms with Crippen LogP contribution < -0.4 is 0 Å². The molecule has 4 heteroatoms. The monoisotopic (exact) mass is 292 g/mol. The summed E-state index contributed by atoms with van der Waals surface area (Å²) >= 11 is 6.17. The zero-order chi connectivity index (χ0) is 14.8. The summed E-state index contributed by atoms with van der Waals surface area (Å²) in [5.74, 6) is 0. The number of aromatic nitrogens is 2. The Balaban J connectivity index is 2.20. The fourth-order valence-electron chi connectivity index (χ4n) is 2.25. The van der Waals surface area contributed by atoms with Crippen molar-refractivity contribution in [3.63, 3.8) is 0 Å². The SMILES string of the molecule is CCC(C)n1ccc(CC(C)(O)c2ccccc2Cl)n1. The number of halogens is 1. The highest BCUT2D eigenvalue weighted by Crippen LogP contribution is 2.30. The van der Waals surface area contributed by atoms with Crippen molar-refractivity contribution in [2.24, 2.45) is 0 Å². The minimum absolute atomic E-state index is 0.369. The molecule has 20 heavy (non-hydrogen) atoms. The van der Waals surface area contributed by atoms with Gasteiger partial charge in [0, 0.05) is 29.2 Å². The van der Waals surface area contributed by atoms with Gasteiger partial charge in [-0.2, -0.15) is 5.10 Å². The summed E-state index contributed by atoms with van der Waals surface area (Å²) in [7, 11) is 0. The third kappa shape index (κ3) is 3.22. The van der Waals surface area contributed by atoms with Gasteiger partial charge in [-0.15, -0.1) is 0 Å². The lowest BCUT2D eigenvalue weighted by Gasteiger charge is -2.24. The van der Waals surface area contributed by atoms with Crippen LogP contribution in [-0.4, -0.2) is 14.9 Å². The lowest BCUT2D eigenvalue weighted by atomic mass is 9.91. The number of benzene rings is 1. The first-order chi connectivity index (χ1) is 9.44. The number of aliphatic hydroxyl groups is 1. The molecule has 1 aromatic heterocycles. The smallest absolute Gasteiger partial charge is 0.0938 e. The number of rotatable bonds is 5. The van der Waals surface area contributed by atoms with Crippen LogP contribution in [0.15, 0.2) is 36.5 Å². The van der Waals surface area contributed by atoms with Gasteiger partial charge in [0.25, 0.3) is 0 Å². The van der Waals surface area contributed by atoms with Crippen molar-refractivity contribution in [3.8, 4) is 0 Å². The first kappa shape index (κ1) is 15.1. The molecule has 0 aliphatic heterocycles. The lowest BCUT2D eigenvalue weighted by Crippen LogP contribution is -2.25. The van der Waals surface area contributed by atoms with E-state index in [-0.39, 0.29) is 0 Å². The van der Waals surface area contributed by atoms with E-state index in [1.54, 1.807) is 13.0 Å². The van der Waals surface area contributed by atoms with Gasteiger partial charge in [0.15, 0.2) is 0 Å². The molecule has 2 aromatic rings. The van der Waals surface area contributed by atoms with Crippen molar-refractivity contribution < 1.29 is 5.11 Å². The van der Waals surface area contributed by atoms with Crippen LogP contribution in [-0.2, 0) is 12.0 Å². The van der Waals surface area contributed by atoms with E-state index in [0.717, 1.165) is 17.7 Å². The summed E-state index contributed by atoms with van der Waals surface area (Å²) in [6.45, 7) is 6.03. The standard InChI is InChI=1S/C16H21ClN2O/c1-4-12(2)19-10-9-13(18-19)11-16(3,20)14-7-5-6-8-15(14)17/h5-10,12,20H,4,11H2,1-3H3. The molecule has 2 unspecified atom stereocenters. The van der Waals surface area contributed by atoms with E-state index >= 15 is 0 Å². The van der Waals surface area contributed by atoms with E-state index in [0.29, 0.717) is 17.5 Å². The second kappa shape index (κ2) is 5.98. The van der Waals surface area contributed by atoms with Crippen molar-refractivity contribution in [2.75, 3.05) is 0 Å². The first-order valence-electron chi connectivity index (χ1n) is 6.95. The maximum Gasteiger partial charge on any atom is 0.0938 e. The van der Waals surface area contributed by atoms with Crippen molar-refractivity contribution in [3.05, 3.63) is 52.8 Å². The predicted molar refractivity (Wildman–Crippen MR) is 82.0 cm³/mol. The Labute approximate surface area is 125 Å². The highest BCUT2D eigenvalue weighted by atomic mass is 35.5. The number of hydrogen-bond acceptors (Lipinski definition) is 2. The van der Waals surface area contributed by atoms with E-state index in [4.69, 9.17) is 11.6 Å². The predicted octanol–water partition coefficient (Wildman–Crippen LogP) is 3.96. The fourth-order valence-corrected chi connectivity index (χ4v) is 2.59. The van der Waals surface area contributed by atoms with Crippen LogP contribution in [0.2, 0.25) is 5.02 Å². The van der Waals surface area contributed by atoms with E-state index in [9.17, 15) is 5.11 Å². The third-order valence-corrected chi connectivity index (χ3v) is 4.02. The van der Waals surface area contributed by atoms with Crippen LogP contribution in [0.25, 0.3) is 0 Å². The lowest BCUT2D eigenvalue weighted by molar-refractivity contribution is 0.0565. The van der Waals surface area contributed by atoms with Crippen molar-refractivity contribution >= 4 is 11.6 Å². The average molecular weight is 293 g/mol. The molecule has 1 aromatic carbocycles. The molecule has 0 fully saturated rings. The Bertz CT molecular complexity index is 577. The summed E-state index contributed by atoms with van der Waals surface area (Å²) in [4.78, 5) is 0. The molecule has 0 spiro atoms. The van der Waals surface area contributed by atoms with Gasteiger partial charge in [0.05, 0.1) is 11.3 Å². The molecule has 0 saturated carbocycles. The molecule has 1 heterocycles. The van der Waals surface area contributed by atoms with E-state index in [1.807, 2.05) is 35.1 Å². The second-order valence-electron chi connectivity index (χ2n) is 5.47. The molecule has 0 amide bonds. The third-order valence-electron chi connectivity index (χ3n) is 3.69. The molecular formula is C16H21ClN2O. The van der Waals surface area contributed by atoms with Crippen molar-refractivity contribution in [1.82, 2.24) is 9.78 Å². The molecule has 0 saturated heterocycles. The van der Waals surface area contributed by atoms with Gasteiger partial charge in [0.1, 0.15) is 0 Å². The van der Waals surface area contributed by atoms with E-state index in [2.05, 4.69) is 18.9 Å². The molecule has 1 N–H and O–H groups in total. The Morgan fingerprint density at radius 2 is 2.05 bits per heavy atom. The average Bonchev–Trinajstić information content (AvgIpc) is 2.85. The summed E-state index contributed by atoms with van der Waals surface area (Å²) in [5.41, 5.74) is 0.586. The Morgan fingerprint density at radius 1 is 1.35 bits per heavy atom.